The number of nitrogens with zero attached hydrogens (tertiary/aromatic N) is 1. The van der Waals surface area contributed by atoms with Crippen molar-refractivity contribution in [3.8, 4) is 5.75 Å². The lowest BCUT2D eigenvalue weighted by atomic mass is 9.83. The second-order valence-electron chi connectivity index (χ2n) is 7.20. The highest BCUT2D eigenvalue weighted by Crippen LogP contribution is 2.38. The quantitative estimate of drug-likeness (QED) is 0.747. The number of amides is 2. The molecule has 0 radical (unpaired) electrons. The van der Waals surface area contributed by atoms with Gasteiger partial charge in [-0.15, -0.1) is 0 Å². The summed E-state index contributed by atoms with van der Waals surface area (Å²) in [5.74, 6) is 0.304. The molecule has 1 N–H and O–H groups in total. The van der Waals surface area contributed by atoms with Crippen molar-refractivity contribution in [3.63, 3.8) is 0 Å². The molecule has 1 saturated carbocycles. The number of alkyl halides is 3. The normalized spacial score (nSPS) is 22.5. The van der Waals surface area contributed by atoms with Crippen LogP contribution in [0.3, 0.4) is 0 Å². The Kier molecular flexibility index (Phi) is 7.17. The molecule has 1 saturated heterocycles. The summed E-state index contributed by atoms with van der Waals surface area (Å²) in [4.78, 5) is 25.0. The predicted octanol–water partition coefficient (Wildman–Crippen LogP) is 4.08. The number of alkyl carbamates (subject to hydrolysis) is 1. The van der Waals surface area contributed by atoms with E-state index in [1.807, 2.05) is 0 Å². The van der Waals surface area contributed by atoms with E-state index in [1.165, 1.54) is 11.0 Å². The Hall–Kier alpha value is -2.36. The smallest absolute Gasteiger partial charge is 0.416 e. The highest BCUT2D eigenvalue weighted by Gasteiger charge is 2.34. The van der Waals surface area contributed by atoms with Gasteiger partial charge < -0.3 is 24.4 Å². The van der Waals surface area contributed by atoms with Crippen LogP contribution in [-0.4, -0.2) is 56.0 Å². The van der Waals surface area contributed by atoms with Crippen LogP contribution in [0.4, 0.5) is 22.8 Å². The summed E-state index contributed by atoms with van der Waals surface area (Å²) in [5, 5.41) is 2.45. The van der Waals surface area contributed by atoms with E-state index in [4.69, 9.17) is 25.8 Å². The van der Waals surface area contributed by atoms with Crippen molar-refractivity contribution >= 4 is 23.8 Å². The van der Waals surface area contributed by atoms with Gasteiger partial charge in [0.15, 0.2) is 0 Å². The van der Waals surface area contributed by atoms with E-state index in [9.17, 15) is 22.8 Å². The lowest BCUT2D eigenvalue weighted by Gasteiger charge is -2.35. The maximum Gasteiger partial charge on any atom is 0.416 e. The molecule has 1 aliphatic carbocycles. The van der Waals surface area contributed by atoms with Crippen molar-refractivity contribution in [2.24, 2.45) is 5.92 Å². The average molecular weight is 451 g/mol. The van der Waals surface area contributed by atoms with Crippen LogP contribution in [0.1, 0.15) is 24.8 Å². The van der Waals surface area contributed by atoms with Crippen molar-refractivity contribution in [1.82, 2.24) is 10.2 Å². The van der Waals surface area contributed by atoms with E-state index < -0.39 is 23.9 Å². The zero-order chi connectivity index (χ0) is 21.7. The molecule has 11 heteroatoms. The second-order valence-corrected chi connectivity index (χ2v) is 7.61. The van der Waals surface area contributed by atoms with Crippen molar-refractivity contribution in [1.29, 1.82) is 0 Å². The van der Waals surface area contributed by atoms with E-state index >= 15 is 0 Å². The van der Waals surface area contributed by atoms with Crippen LogP contribution in [-0.2, 0) is 15.7 Å². The van der Waals surface area contributed by atoms with Gasteiger partial charge in [0.2, 0.25) is 0 Å². The number of hydrogen-bond acceptors (Lipinski definition) is 5. The zero-order valence-electron chi connectivity index (χ0n) is 16.0. The number of rotatable bonds is 4. The van der Waals surface area contributed by atoms with Gasteiger partial charge in [-0.25, -0.2) is 9.59 Å². The molecular weight excluding hydrogens is 429 g/mol. The second kappa shape index (κ2) is 9.63. The van der Waals surface area contributed by atoms with E-state index in [0.717, 1.165) is 12.1 Å². The van der Waals surface area contributed by atoms with Crippen LogP contribution in [0, 0.1) is 5.92 Å². The van der Waals surface area contributed by atoms with Crippen LogP contribution >= 0.6 is 11.6 Å². The van der Waals surface area contributed by atoms with E-state index in [1.54, 1.807) is 0 Å². The number of halogens is 4. The Morgan fingerprint density at radius 1 is 1.30 bits per heavy atom. The molecule has 2 amide bonds. The minimum absolute atomic E-state index is 0.0937. The molecule has 0 aromatic heterocycles. The minimum atomic E-state index is -4.46. The number of hydrogen-bond donors (Lipinski definition) is 1. The van der Waals surface area contributed by atoms with Gasteiger partial charge in [0.25, 0.3) is 0 Å². The molecule has 166 valence electrons. The van der Waals surface area contributed by atoms with Crippen molar-refractivity contribution < 1.29 is 37.0 Å². The van der Waals surface area contributed by atoms with E-state index in [0.29, 0.717) is 32.4 Å². The number of ether oxygens (including phenoxy) is 3. The summed E-state index contributed by atoms with van der Waals surface area (Å²) in [5.41, 5.74) is -0.829. The fourth-order valence-corrected chi connectivity index (χ4v) is 3.42. The number of cyclic esters (lactones) is 1. The van der Waals surface area contributed by atoms with Gasteiger partial charge in [0.1, 0.15) is 5.75 Å². The molecule has 1 aromatic rings. The van der Waals surface area contributed by atoms with Gasteiger partial charge in [-0.1, -0.05) is 11.6 Å². The summed E-state index contributed by atoms with van der Waals surface area (Å²) >= 11 is 5.90. The number of carbonyl (C=O) groups is 2. The molecule has 2 fully saturated rings. The third-order valence-electron chi connectivity index (χ3n) is 4.90. The third-order valence-corrected chi connectivity index (χ3v) is 5.20. The van der Waals surface area contributed by atoms with Crippen molar-refractivity contribution in [2.75, 3.05) is 32.8 Å². The van der Waals surface area contributed by atoms with Crippen LogP contribution in [0.5, 0.6) is 5.75 Å². The summed E-state index contributed by atoms with van der Waals surface area (Å²) in [7, 11) is 0. The van der Waals surface area contributed by atoms with E-state index in [-0.39, 0.29) is 42.6 Å². The summed E-state index contributed by atoms with van der Waals surface area (Å²) in [6.07, 6.45) is -3.88. The molecule has 7 nitrogen and oxygen atoms in total. The molecule has 0 unspecified atom stereocenters. The first-order chi connectivity index (χ1) is 14.2. The maximum absolute atomic E-state index is 12.7. The molecule has 2 aliphatic rings. The fourth-order valence-electron chi connectivity index (χ4n) is 3.20. The molecule has 0 spiro atoms. The average Bonchev–Trinajstić information content (AvgIpc) is 2.75. The predicted molar refractivity (Wildman–Crippen MR) is 100 cm³/mol. The Bertz CT molecular complexity index is 771. The van der Waals surface area contributed by atoms with Crippen molar-refractivity contribution in [2.45, 2.75) is 31.5 Å². The van der Waals surface area contributed by atoms with Gasteiger partial charge in [0.05, 0.1) is 29.9 Å². The SMILES string of the molecule is O=C1NCCN(C(=O)OCC2CC(Oc3ccc(C(F)(F)F)cc3Cl)C2)CCCO1. The minimum Gasteiger partial charge on any atom is -0.489 e. The Balaban J connectivity index is 1.40. The van der Waals surface area contributed by atoms with E-state index in [2.05, 4.69) is 5.32 Å². The highest BCUT2D eigenvalue weighted by molar-refractivity contribution is 6.32. The molecular formula is C19H22ClF3N2O5. The van der Waals surface area contributed by atoms with Crippen LogP contribution in [0.2, 0.25) is 5.02 Å². The van der Waals surface area contributed by atoms with Crippen molar-refractivity contribution in [3.05, 3.63) is 28.8 Å². The summed E-state index contributed by atoms with van der Waals surface area (Å²) in [6.45, 7) is 1.48. The number of carbonyl (C=O) groups excluding carboxylic acids is 2. The van der Waals surface area contributed by atoms with Crippen LogP contribution < -0.4 is 10.1 Å². The van der Waals surface area contributed by atoms with Gasteiger partial charge in [0, 0.05) is 25.6 Å². The molecule has 3 rings (SSSR count). The first-order valence-corrected chi connectivity index (χ1v) is 9.96. The van der Waals surface area contributed by atoms with Gasteiger partial charge in [-0.05, 0) is 37.5 Å². The monoisotopic (exact) mass is 450 g/mol. The summed E-state index contributed by atoms with van der Waals surface area (Å²) < 4.78 is 54.0. The Morgan fingerprint density at radius 2 is 2.07 bits per heavy atom. The molecule has 1 heterocycles. The lowest BCUT2D eigenvalue weighted by molar-refractivity contribution is -0.137. The molecule has 30 heavy (non-hydrogen) atoms. The largest absolute Gasteiger partial charge is 0.489 e. The topological polar surface area (TPSA) is 77.1 Å². The maximum atomic E-state index is 12.7. The van der Waals surface area contributed by atoms with Crippen LogP contribution in [0.15, 0.2) is 18.2 Å². The van der Waals surface area contributed by atoms with Gasteiger partial charge >= 0.3 is 18.4 Å². The first-order valence-electron chi connectivity index (χ1n) is 9.58. The summed E-state index contributed by atoms with van der Waals surface area (Å²) in [6, 6.07) is 2.98. The molecule has 1 aliphatic heterocycles. The van der Waals surface area contributed by atoms with Gasteiger partial charge in [-0.3, -0.25) is 0 Å². The molecule has 0 atom stereocenters. The van der Waals surface area contributed by atoms with Gasteiger partial charge in [-0.2, -0.15) is 13.2 Å². The fraction of sp³-hybridized carbons (Fsp3) is 0.579. The molecule has 1 aromatic carbocycles. The highest BCUT2D eigenvalue weighted by atomic mass is 35.5. The zero-order valence-corrected chi connectivity index (χ0v) is 16.8. The Labute approximate surface area is 176 Å². The standard InChI is InChI=1S/C19H22ClF3N2O5/c20-15-10-13(19(21,22)23)2-3-16(15)30-14-8-12(9-14)11-29-18(27)25-5-1-7-28-17(26)24-4-6-25/h2-3,10,12,14H,1,4-9,11H2,(H,24,26). The number of benzene rings is 1. The lowest BCUT2D eigenvalue weighted by Crippen LogP contribution is -2.41. The third kappa shape index (κ3) is 6.07. The molecule has 0 bridgehead atoms. The number of nitrogens with one attached hydrogen (secondary N) is 1. The van der Waals surface area contributed by atoms with Crippen LogP contribution in [0.25, 0.3) is 0 Å². The Morgan fingerprint density at radius 3 is 2.77 bits per heavy atom. The first kappa shape index (κ1) is 22.3.